The van der Waals surface area contributed by atoms with E-state index in [1.54, 1.807) is 6.92 Å². The van der Waals surface area contributed by atoms with Crippen LogP contribution in [0.1, 0.15) is 43.8 Å². The average Bonchev–Trinajstić information content (AvgIpc) is 3.30. The molecule has 136 valence electrons. The summed E-state index contributed by atoms with van der Waals surface area (Å²) < 4.78 is 5.01. The van der Waals surface area contributed by atoms with E-state index in [2.05, 4.69) is 31.3 Å². The van der Waals surface area contributed by atoms with Crippen LogP contribution < -0.4 is 5.32 Å². The Morgan fingerprint density at radius 1 is 1.52 bits per heavy atom. The molecule has 1 saturated carbocycles. The highest BCUT2D eigenvalue weighted by atomic mass is 16.5. The number of aryl methyl sites for hydroxylation is 1. The number of nitrogens with zero attached hydrogens (tertiary/aromatic N) is 5. The first kappa shape index (κ1) is 17.8. The number of aromatic nitrogens is 2. The summed E-state index contributed by atoms with van der Waals surface area (Å²) in [6.07, 6.45) is 4.57. The molecular formula is C17H26N6O2. The molecule has 8 heteroatoms. The molecule has 1 aliphatic carbocycles. The number of nitrogens with one attached hydrogen (secondary N) is 1. The number of rotatable bonds is 6. The van der Waals surface area contributed by atoms with Gasteiger partial charge in [-0.15, -0.1) is 0 Å². The van der Waals surface area contributed by atoms with Crippen molar-refractivity contribution in [1.82, 2.24) is 25.3 Å². The number of amides is 1. The molecule has 1 aliphatic heterocycles. The maximum atomic E-state index is 12.3. The van der Waals surface area contributed by atoms with Crippen molar-refractivity contribution in [3.8, 4) is 6.07 Å². The van der Waals surface area contributed by atoms with E-state index in [9.17, 15) is 10.1 Å². The maximum Gasteiger partial charge on any atom is 0.235 e. The molecule has 1 atom stereocenters. The largest absolute Gasteiger partial charge is 0.340 e. The number of hydrogen-bond acceptors (Lipinski definition) is 7. The second-order valence-electron chi connectivity index (χ2n) is 7.27. The highest BCUT2D eigenvalue weighted by Crippen LogP contribution is 2.28. The Hall–Kier alpha value is -1.98. The predicted molar refractivity (Wildman–Crippen MR) is 90.3 cm³/mol. The van der Waals surface area contributed by atoms with Crippen molar-refractivity contribution in [3.05, 3.63) is 11.7 Å². The summed E-state index contributed by atoms with van der Waals surface area (Å²) in [5.74, 6) is 1.22. The van der Waals surface area contributed by atoms with Crippen LogP contribution in [0, 0.1) is 18.3 Å². The molecule has 2 fully saturated rings. The van der Waals surface area contributed by atoms with Gasteiger partial charge in [0.05, 0.1) is 19.2 Å². The van der Waals surface area contributed by atoms with Crippen LogP contribution in [-0.2, 0) is 11.3 Å². The predicted octanol–water partition coefficient (Wildman–Crippen LogP) is 0.837. The van der Waals surface area contributed by atoms with E-state index in [0.29, 0.717) is 30.8 Å². The van der Waals surface area contributed by atoms with Crippen molar-refractivity contribution in [2.45, 2.75) is 57.2 Å². The van der Waals surface area contributed by atoms with E-state index in [-0.39, 0.29) is 5.91 Å². The molecule has 1 amide bonds. The van der Waals surface area contributed by atoms with Crippen LogP contribution in [0.4, 0.5) is 0 Å². The van der Waals surface area contributed by atoms with Crippen molar-refractivity contribution in [2.75, 3.05) is 26.7 Å². The smallest absolute Gasteiger partial charge is 0.235 e. The summed E-state index contributed by atoms with van der Waals surface area (Å²) in [5, 5.41) is 16.3. The zero-order valence-corrected chi connectivity index (χ0v) is 15.0. The van der Waals surface area contributed by atoms with Crippen LogP contribution in [0.25, 0.3) is 0 Å². The Bertz CT molecular complexity index is 646. The first-order valence-electron chi connectivity index (χ1n) is 8.94. The van der Waals surface area contributed by atoms with Crippen LogP contribution in [0.2, 0.25) is 0 Å². The van der Waals surface area contributed by atoms with Gasteiger partial charge in [0.15, 0.2) is 5.82 Å². The lowest BCUT2D eigenvalue weighted by Crippen LogP contribution is -2.49. The molecule has 1 aromatic rings. The van der Waals surface area contributed by atoms with Gasteiger partial charge in [0.1, 0.15) is 5.54 Å². The lowest BCUT2D eigenvalue weighted by atomic mass is 10.00. The molecule has 25 heavy (non-hydrogen) atoms. The molecule has 2 heterocycles. The summed E-state index contributed by atoms with van der Waals surface area (Å²) >= 11 is 0. The number of carbonyl (C=O) groups excluding carboxylic acids is 1. The molecule has 0 spiro atoms. The molecule has 0 bridgehead atoms. The number of hydrogen-bond donors (Lipinski definition) is 1. The highest BCUT2D eigenvalue weighted by molar-refractivity contribution is 5.79. The first-order valence-corrected chi connectivity index (χ1v) is 8.94. The normalized spacial score (nSPS) is 23.0. The summed E-state index contributed by atoms with van der Waals surface area (Å²) in [7, 11) is 2.04. The van der Waals surface area contributed by atoms with E-state index in [1.165, 1.54) is 0 Å². The molecule has 0 unspecified atom stereocenters. The number of nitriles is 1. The molecule has 2 aliphatic rings. The first-order chi connectivity index (χ1) is 12.0. The zero-order chi connectivity index (χ0) is 17.9. The van der Waals surface area contributed by atoms with Crippen molar-refractivity contribution >= 4 is 5.91 Å². The van der Waals surface area contributed by atoms with Gasteiger partial charge in [-0.3, -0.25) is 14.6 Å². The van der Waals surface area contributed by atoms with Gasteiger partial charge >= 0.3 is 0 Å². The Kier molecular flexibility index (Phi) is 5.35. The van der Waals surface area contributed by atoms with E-state index in [0.717, 1.165) is 45.2 Å². The van der Waals surface area contributed by atoms with Crippen LogP contribution in [0.15, 0.2) is 4.52 Å². The highest BCUT2D eigenvalue weighted by Gasteiger charge is 2.36. The van der Waals surface area contributed by atoms with Gasteiger partial charge in [0.2, 0.25) is 11.8 Å². The summed E-state index contributed by atoms with van der Waals surface area (Å²) in [6, 6.07) is 2.67. The van der Waals surface area contributed by atoms with Gasteiger partial charge in [-0.1, -0.05) is 5.16 Å². The fraction of sp³-hybridized carbons (Fsp3) is 0.765. The van der Waals surface area contributed by atoms with Crippen LogP contribution >= 0.6 is 0 Å². The van der Waals surface area contributed by atoms with Gasteiger partial charge in [-0.05, 0) is 39.2 Å². The van der Waals surface area contributed by atoms with Gasteiger partial charge in [-0.25, -0.2) is 0 Å². The number of likely N-dealkylation sites (tertiary alicyclic amines) is 1. The fourth-order valence-electron chi connectivity index (χ4n) is 3.83. The number of carbonyl (C=O) groups is 1. The van der Waals surface area contributed by atoms with Crippen molar-refractivity contribution in [3.63, 3.8) is 0 Å². The second-order valence-corrected chi connectivity index (χ2v) is 7.27. The molecule has 1 saturated heterocycles. The van der Waals surface area contributed by atoms with Gasteiger partial charge in [0.25, 0.3) is 0 Å². The van der Waals surface area contributed by atoms with Gasteiger partial charge in [0, 0.05) is 26.1 Å². The minimum Gasteiger partial charge on any atom is -0.340 e. The maximum absolute atomic E-state index is 12.3. The third-order valence-electron chi connectivity index (χ3n) is 5.25. The van der Waals surface area contributed by atoms with Crippen LogP contribution in [0.3, 0.4) is 0 Å². The summed E-state index contributed by atoms with van der Waals surface area (Å²) in [6.45, 7) is 4.49. The Morgan fingerprint density at radius 3 is 2.92 bits per heavy atom. The Balaban J connectivity index is 1.46. The van der Waals surface area contributed by atoms with Crippen LogP contribution in [-0.4, -0.2) is 64.1 Å². The molecule has 0 radical (unpaired) electrons. The molecule has 0 aromatic carbocycles. The van der Waals surface area contributed by atoms with E-state index >= 15 is 0 Å². The minimum atomic E-state index is -0.635. The quantitative estimate of drug-likeness (QED) is 0.815. The summed E-state index contributed by atoms with van der Waals surface area (Å²) in [5.41, 5.74) is -0.635. The summed E-state index contributed by atoms with van der Waals surface area (Å²) in [4.78, 5) is 20.9. The zero-order valence-electron chi connectivity index (χ0n) is 15.0. The Morgan fingerprint density at radius 2 is 2.28 bits per heavy atom. The molecule has 3 rings (SSSR count). The third-order valence-corrected chi connectivity index (χ3v) is 5.25. The van der Waals surface area contributed by atoms with E-state index in [4.69, 9.17) is 4.52 Å². The standard InChI is InChI=1S/C17H26N6O2/c1-13-19-15(21-25-13)10-22(2)14-5-8-23(9-14)11-16(24)20-17(12-18)6-3-4-7-17/h14H,3-11H2,1-2H3,(H,20,24)/t14-/m1/s1. The van der Waals surface area contributed by atoms with Gasteiger partial charge in [-0.2, -0.15) is 10.2 Å². The number of likely N-dealkylation sites (N-methyl/N-ethyl adjacent to an activating group) is 1. The molecule has 1 N–H and O–H groups in total. The van der Waals surface area contributed by atoms with Crippen molar-refractivity contribution in [1.29, 1.82) is 5.26 Å². The van der Waals surface area contributed by atoms with Crippen LogP contribution in [0.5, 0.6) is 0 Å². The second kappa shape index (κ2) is 7.50. The lowest BCUT2D eigenvalue weighted by Gasteiger charge is -2.25. The third kappa shape index (κ3) is 4.35. The molecule has 1 aromatic heterocycles. The fourth-order valence-corrected chi connectivity index (χ4v) is 3.83. The lowest BCUT2D eigenvalue weighted by molar-refractivity contribution is -0.123. The average molecular weight is 346 g/mol. The minimum absolute atomic E-state index is 0.0412. The monoisotopic (exact) mass is 346 g/mol. The molecule has 8 nitrogen and oxygen atoms in total. The molecular weight excluding hydrogens is 320 g/mol. The Labute approximate surface area is 148 Å². The topological polar surface area (TPSA) is 98.3 Å². The van der Waals surface area contributed by atoms with Crippen molar-refractivity contribution < 1.29 is 9.32 Å². The van der Waals surface area contributed by atoms with E-state index < -0.39 is 5.54 Å². The van der Waals surface area contributed by atoms with Crippen molar-refractivity contribution in [2.24, 2.45) is 0 Å². The van der Waals surface area contributed by atoms with E-state index in [1.807, 2.05) is 7.05 Å². The SMILES string of the molecule is Cc1nc(CN(C)[C@@H]2CCN(CC(=O)NC3(C#N)CCCC3)C2)no1. The van der Waals surface area contributed by atoms with Gasteiger partial charge < -0.3 is 9.84 Å².